The van der Waals surface area contributed by atoms with Crippen LogP contribution in [0.3, 0.4) is 0 Å². The highest BCUT2D eigenvalue weighted by atomic mass is 16.5. The number of aryl methyl sites for hydroxylation is 1. The lowest BCUT2D eigenvalue weighted by atomic mass is 9.58. The summed E-state index contributed by atoms with van der Waals surface area (Å²) in [4.78, 5) is 22.0. The molecule has 2 atom stereocenters. The molecule has 0 aliphatic heterocycles. The number of hydrogen-bond donors (Lipinski definition) is 1. The van der Waals surface area contributed by atoms with Crippen LogP contribution in [0.1, 0.15) is 40.0 Å². The molecule has 0 amide bonds. The maximum absolute atomic E-state index is 12.3. The van der Waals surface area contributed by atoms with Gasteiger partial charge in [0.05, 0.1) is 12.3 Å². The third-order valence-electron chi connectivity index (χ3n) is 5.82. The number of ether oxygens (including phenoxy) is 1. The summed E-state index contributed by atoms with van der Waals surface area (Å²) in [5, 5.41) is 4.65. The SMILES string of the molecule is CCO[C@H]1C[C@@H](N(C)c2nc3c(cnn3C)c(=O)[nH]2)C1(CC)CC. The molecule has 7 heteroatoms. The van der Waals surface area contributed by atoms with Crippen molar-refractivity contribution in [3.05, 3.63) is 16.6 Å². The maximum atomic E-state index is 12.3. The van der Waals surface area contributed by atoms with Crippen LogP contribution in [-0.4, -0.2) is 45.5 Å². The zero-order valence-electron chi connectivity index (χ0n) is 15.2. The van der Waals surface area contributed by atoms with E-state index in [0.717, 1.165) is 25.9 Å². The third kappa shape index (κ3) is 2.33. The van der Waals surface area contributed by atoms with Crippen LogP contribution in [0, 0.1) is 5.41 Å². The van der Waals surface area contributed by atoms with E-state index in [4.69, 9.17) is 4.74 Å². The first-order valence-electron chi connectivity index (χ1n) is 8.74. The molecule has 2 aromatic rings. The van der Waals surface area contributed by atoms with Crippen molar-refractivity contribution in [1.82, 2.24) is 19.7 Å². The summed E-state index contributed by atoms with van der Waals surface area (Å²) in [5.74, 6) is 0.599. The Labute approximate surface area is 142 Å². The summed E-state index contributed by atoms with van der Waals surface area (Å²) < 4.78 is 7.60. The van der Waals surface area contributed by atoms with Crippen molar-refractivity contribution < 1.29 is 4.74 Å². The Morgan fingerprint density at radius 3 is 2.75 bits per heavy atom. The molecule has 0 aromatic carbocycles. The Morgan fingerprint density at radius 2 is 2.12 bits per heavy atom. The zero-order valence-corrected chi connectivity index (χ0v) is 15.2. The molecule has 1 aliphatic rings. The molecule has 1 fully saturated rings. The molecular formula is C17H27N5O2. The molecule has 0 unspecified atom stereocenters. The highest BCUT2D eigenvalue weighted by Crippen LogP contribution is 2.51. The van der Waals surface area contributed by atoms with Gasteiger partial charge in [0.1, 0.15) is 5.39 Å². The van der Waals surface area contributed by atoms with Crippen LogP contribution < -0.4 is 10.5 Å². The first-order chi connectivity index (χ1) is 11.5. The van der Waals surface area contributed by atoms with Crippen molar-refractivity contribution in [3.8, 4) is 0 Å². The molecule has 24 heavy (non-hydrogen) atoms. The normalized spacial score (nSPS) is 22.5. The monoisotopic (exact) mass is 333 g/mol. The summed E-state index contributed by atoms with van der Waals surface area (Å²) in [6, 6.07) is 0.304. The average molecular weight is 333 g/mol. The fourth-order valence-corrected chi connectivity index (χ4v) is 4.22. The Balaban J connectivity index is 1.95. The average Bonchev–Trinajstić information content (AvgIpc) is 2.94. The van der Waals surface area contributed by atoms with Crippen LogP contribution in [0.4, 0.5) is 5.95 Å². The summed E-state index contributed by atoms with van der Waals surface area (Å²) >= 11 is 0. The van der Waals surface area contributed by atoms with Gasteiger partial charge in [0, 0.05) is 32.2 Å². The van der Waals surface area contributed by atoms with E-state index in [1.54, 1.807) is 17.9 Å². The molecule has 132 valence electrons. The van der Waals surface area contributed by atoms with Crippen molar-refractivity contribution in [1.29, 1.82) is 0 Å². The van der Waals surface area contributed by atoms with E-state index in [9.17, 15) is 4.79 Å². The molecule has 7 nitrogen and oxygen atoms in total. The fourth-order valence-electron chi connectivity index (χ4n) is 4.22. The van der Waals surface area contributed by atoms with Crippen LogP contribution in [0.5, 0.6) is 0 Å². The smallest absolute Gasteiger partial charge is 0.263 e. The van der Waals surface area contributed by atoms with Crippen LogP contribution in [0.2, 0.25) is 0 Å². The number of nitrogens with one attached hydrogen (secondary N) is 1. The molecular weight excluding hydrogens is 306 g/mol. The van der Waals surface area contributed by atoms with Crippen molar-refractivity contribution in [2.75, 3.05) is 18.6 Å². The van der Waals surface area contributed by atoms with E-state index < -0.39 is 0 Å². The second kappa shape index (κ2) is 6.20. The van der Waals surface area contributed by atoms with Crippen molar-refractivity contribution in [3.63, 3.8) is 0 Å². The minimum absolute atomic E-state index is 0.102. The number of rotatable bonds is 6. The van der Waals surface area contributed by atoms with Gasteiger partial charge in [-0.15, -0.1) is 0 Å². The molecule has 0 radical (unpaired) electrons. The number of anilines is 1. The molecule has 0 spiro atoms. The van der Waals surface area contributed by atoms with E-state index in [-0.39, 0.29) is 17.1 Å². The number of aromatic nitrogens is 4. The lowest BCUT2D eigenvalue weighted by Crippen LogP contribution is -2.64. The Morgan fingerprint density at radius 1 is 1.42 bits per heavy atom. The fraction of sp³-hybridized carbons (Fsp3) is 0.706. The molecule has 2 heterocycles. The van der Waals surface area contributed by atoms with Gasteiger partial charge in [-0.05, 0) is 26.2 Å². The van der Waals surface area contributed by atoms with Crippen LogP contribution in [0.15, 0.2) is 11.0 Å². The van der Waals surface area contributed by atoms with Gasteiger partial charge in [-0.1, -0.05) is 13.8 Å². The quantitative estimate of drug-likeness (QED) is 0.876. The Kier molecular flexibility index (Phi) is 4.38. The van der Waals surface area contributed by atoms with Crippen molar-refractivity contribution in [2.24, 2.45) is 12.5 Å². The minimum atomic E-state index is -0.144. The molecule has 1 aliphatic carbocycles. The van der Waals surface area contributed by atoms with Crippen molar-refractivity contribution in [2.45, 2.75) is 52.2 Å². The van der Waals surface area contributed by atoms with Crippen LogP contribution in [0.25, 0.3) is 11.0 Å². The molecule has 2 aromatic heterocycles. The molecule has 0 saturated heterocycles. The number of nitrogens with zero attached hydrogens (tertiary/aromatic N) is 4. The van der Waals surface area contributed by atoms with Crippen molar-refractivity contribution >= 4 is 17.0 Å². The standard InChI is InChI=1S/C17H27N5O2/c1-6-17(7-2)12(9-13(17)24-8-3)21(4)16-19-14-11(15(23)20-16)10-18-22(14)5/h10,12-13H,6-9H2,1-5H3,(H,19,20,23)/t12-,13+/m1/s1. The number of aromatic amines is 1. The first-order valence-corrected chi connectivity index (χ1v) is 8.74. The van der Waals surface area contributed by atoms with Gasteiger partial charge in [0.2, 0.25) is 5.95 Å². The second-order valence-corrected chi connectivity index (χ2v) is 6.64. The van der Waals surface area contributed by atoms with Gasteiger partial charge in [0.25, 0.3) is 5.56 Å². The van der Waals surface area contributed by atoms with E-state index >= 15 is 0 Å². The molecule has 1 N–H and O–H groups in total. The number of hydrogen-bond acceptors (Lipinski definition) is 5. The summed E-state index contributed by atoms with van der Waals surface area (Å²) in [5.41, 5.74) is 0.569. The van der Waals surface area contributed by atoms with Crippen LogP contribution in [-0.2, 0) is 11.8 Å². The number of fused-ring (bicyclic) bond motifs is 1. The molecule has 0 bridgehead atoms. The first kappa shape index (κ1) is 17.0. The van der Waals surface area contributed by atoms with Gasteiger partial charge >= 0.3 is 0 Å². The van der Waals surface area contributed by atoms with E-state index in [1.165, 1.54) is 0 Å². The predicted octanol–water partition coefficient (Wildman–Crippen LogP) is 2.08. The van der Waals surface area contributed by atoms with E-state index in [0.29, 0.717) is 23.0 Å². The lowest BCUT2D eigenvalue weighted by Gasteiger charge is -2.58. The summed E-state index contributed by atoms with van der Waals surface area (Å²) in [6.45, 7) is 7.22. The maximum Gasteiger partial charge on any atom is 0.263 e. The summed E-state index contributed by atoms with van der Waals surface area (Å²) in [6.07, 6.45) is 4.88. The highest BCUT2D eigenvalue weighted by Gasteiger charge is 2.55. The van der Waals surface area contributed by atoms with E-state index in [1.807, 2.05) is 14.0 Å². The highest BCUT2D eigenvalue weighted by molar-refractivity contribution is 5.74. The Bertz CT molecular complexity index is 777. The van der Waals surface area contributed by atoms with Gasteiger partial charge in [-0.3, -0.25) is 14.5 Å². The summed E-state index contributed by atoms with van der Waals surface area (Å²) in [7, 11) is 3.81. The second-order valence-electron chi connectivity index (χ2n) is 6.64. The molecule has 3 rings (SSSR count). The van der Waals surface area contributed by atoms with E-state index in [2.05, 4.69) is 33.8 Å². The predicted molar refractivity (Wildman–Crippen MR) is 94.4 cm³/mol. The topological polar surface area (TPSA) is 76.0 Å². The molecule has 1 saturated carbocycles. The zero-order chi connectivity index (χ0) is 17.5. The van der Waals surface area contributed by atoms with Gasteiger partial charge in [-0.2, -0.15) is 10.1 Å². The Hall–Kier alpha value is -1.89. The third-order valence-corrected chi connectivity index (χ3v) is 5.82. The lowest BCUT2D eigenvalue weighted by molar-refractivity contribution is -0.128. The van der Waals surface area contributed by atoms with Gasteiger partial charge in [0.15, 0.2) is 5.65 Å². The van der Waals surface area contributed by atoms with Gasteiger partial charge < -0.3 is 9.64 Å². The largest absolute Gasteiger partial charge is 0.378 e. The number of H-pyrrole nitrogens is 1. The minimum Gasteiger partial charge on any atom is -0.378 e. The van der Waals surface area contributed by atoms with Crippen LogP contribution >= 0.6 is 0 Å². The van der Waals surface area contributed by atoms with Gasteiger partial charge in [-0.25, -0.2) is 0 Å².